The monoisotopic (exact) mass is 302 g/mol. The van der Waals surface area contributed by atoms with Gasteiger partial charge in [-0.3, -0.25) is 19.7 Å². The second kappa shape index (κ2) is 5.06. The zero-order valence-corrected chi connectivity index (χ0v) is 11.2. The first kappa shape index (κ1) is 15.4. The molecule has 2 aliphatic rings. The molecule has 2 saturated heterocycles. The van der Waals surface area contributed by atoms with Crippen LogP contribution < -0.4 is 5.32 Å². The van der Waals surface area contributed by atoms with E-state index >= 15 is 0 Å². The first-order valence-electron chi connectivity index (χ1n) is 6.05. The molecular weight excluding hydrogens is 288 g/mol. The fraction of sp³-hybridized carbons (Fsp3) is 0.636. The number of urea groups is 1. The molecule has 0 radical (unpaired) electrons. The molecule has 3 N–H and O–H groups in total. The van der Waals surface area contributed by atoms with Gasteiger partial charge in [-0.25, -0.2) is 9.69 Å². The van der Waals surface area contributed by atoms with Crippen molar-refractivity contribution in [3.8, 4) is 0 Å². The normalized spacial score (nSPS) is 35.2. The maximum Gasteiger partial charge on any atom is 0.333 e. The molecule has 0 bridgehead atoms. The molecule has 0 aromatic carbocycles. The van der Waals surface area contributed by atoms with Crippen LogP contribution in [0.1, 0.15) is 13.8 Å². The zero-order chi connectivity index (χ0) is 15.9. The van der Waals surface area contributed by atoms with E-state index in [0.29, 0.717) is 4.90 Å². The topological polar surface area (TPSA) is 142 Å². The van der Waals surface area contributed by atoms with Gasteiger partial charge in [-0.15, -0.1) is 0 Å². The second-order valence-electron chi connectivity index (χ2n) is 4.70. The minimum Gasteiger partial charge on any atom is -0.463 e. The van der Waals surface area contributed by atoms with Gasteiger partial charge in [0.2, 0.25) is 5.91 Å². The molecule has 2 rings (SSSR count). The Morgan fingerprint density at radius 1 is 1.38 bits per heavy atom. The fourth-order valence-electron chi connectivity index (χ4n) is 2.38. The number of hydrogen-bond donors (Lipinski definition) is 3. The van der Waals surface area contributed by atoms with E-state index in [0.717, 1.165) is 13.8 Å². The Labute approximate surface area is 118 Å². The minimum atomic E-state index is -2.35. The van der Waals surface area contributed by atoms with Crippen molar-refractivity contribution in [3.05, 3.63) is 0 Å². The molecule has 0 unspecified atom stereocenters. The third-order valence-electron chi connectivity index (χ3n) is 3.28. The molecule has 4 atom stereocenters. The molecule has 4 amide bonds. The summed E-state index contributed by atoms with van der Waals surface area (Å²) in [6.45, 7) is 1.69. The Bertz CT molecular complexity index is 520. The van der Waals surface area contributed by atoms with Gasteiger partial charge >= 0.3 is 12.0 Å². The lowest BCUT2D eigenvalue weighted by molar-refractivity contribution is -0.183. The average Bonchev–Trinajstić information content (AvgIpc) is 2.77. The van der Waals surface area contributed by atoms with Crippen LogP contribution in [0.25, 0.3) is 0 Å². The van der Waals surface area contributed by atoms with Crippen molar-refractivity contribution in [1.82, 2.24) is 10.2 Å². The molecule has 116 valence electrons. The lowest BCUT2D eigenvalue weighted by Crippen LogP contribution is -2.59. The number of hydrogen-bond acceptors (Lipinski definition) is 8. The van der Waals surface area contributed by atoms with Gasteiger partial charge in [-0.1, -0.05) is 0 Å². The van der Waals surface area contributed by atoms with Crippen LogP contribution >= 0.6 is 0 Å². The highest BCUT2D eigenvalue weighted by atomic mass is 16.6. The highest BCUT2D eigenvalue weighted by Gasteiger charge is 2.68. The summed E-state index contributed by atoms with van der Waals surface area (Å²) in [7, 11) is 0. The van der Waals surface area contributed by atoms with E-state index in [1.807, 2.05) is 5.32 Å². The minimum absolute atomic E-state index is 0.400. The van der Waals surface area contributed by atoms with Gasteiger partial charge in [-0.2, -0.15) is 0 Å². The van der Waals surface area contributed by atoms with E-state index in [1.54, 1.807) is 0 Å². The first-order valence-corrected chi connectivity index (χ1v) is 6.05. The van der Waals surface area contributed by atoms with E-state index in [4.69, 9.17) is 4.74 Å². The first-order chi connectivity index (χ1) is 9.71. The summed E-state index contributed by atoms with van der Waals surface area (Å²) in [6.07, 6.45) is -4.75. The highest BCUT2D eigenvalue weighted by Crippen LogP contribution is 2.38. The third-order valence-corrected chi connectivity index (χ3v) is 3.28. The number of ether oxygens (including phenoxy) is 2. The van der Waals surface area contributed by atoms with Crippen LogP contribution in [0, 0.1) is 0 Å². The predicted octanol–water partition coefficient (Wildman–Crippen LogP) is -2.54. The quantitative estimate of drug-likeness (QED) is 0.374. The number of nitrogens with one attached hydrogen (secondary N) is 1. The van der Waals surface area contributed by atoms with E-state index < -0.39 is 54.5 Å². The van der Waals surface area contributed by atoms with Crippen LogP contribution in [0.2, 0.25) is 0 Å². The lowest BCUT2D eigenvalue weighted by Gasteiger charge is -2.30. The van der Waals surface area contributed by atoms with Gasteiger partial charge < -0.3 is 19.7 Å². The molecule has 21 heavy (non-hydrogen) atoms. The number of amides is 4. The molecule has 10 nitrogen and oxygen atoms in total. The Balaban J connectivity index is 2.33. The molecule has 2 fully saturated rings. The number of nitrogens with zero attached hydrogens (tertiary/aromatic N) is 1. The Morgan fingerprint density at radius 2 is 2.00 bits per heavy atom. The van der Waals surface area contributed by atoms with Crippen LogP contribution in [0.4, 0.5) is 4.79 Å². The van der Waals surface area contributed by atoms with E-state index in [2.05, 4.69) is 4.74 Å². The number of carbonyl (C=O) groups excluding carboxylic acids is 4. The highest BCUT2D eigenvalue weighted by molar-refractivity contribution is 6.13. The summed E-state index contributed by atoms with van der Waals surface area (Å²) in [5.41, 5.74) is -2.35. The molecule has 10 heteroatoms. The largest absolute Gasteiger partial charge is 0.463 e. The van der Waals surface area contributed by atoms with Gasteiger partial charge in [0, 0.05) is 13.8 Å². The number of carbonyl (C=O) groups is 4. The molecule has 0 aromatic heterocycles. The second-order valence-corrected chi connectivity index (χ2v) is 4.70. The Morgan fingerprint density at radius 3 is 2.52 bits per heavy atom. The SMILES string of the molecule is CC(=O)OC[C@H]1O[C@]2(C(=O)NC(=O)N2C(C)=O)[C@H](O)[C@@H]1O. The molecule has 1 spiro atoms. The van der Waals surface area contributed by atoms with E-state index in [1.165, 1.54) is 0 Å². The van der Waals surface area contributed by atoms with Gasteiger partial charge in [-0.05, 0) is 0 Å². The van der Waals surface area contributed by atoms with Crippen LogP contribution in [-0.4, -0.2) is 69.6 Å². The van der Waals surface area contributed by atoms with E-state index in [-0.39, 0.29) is 0 Å². The van der Waals surface area contributed by atoms with Crippen molar-refractivity contribution >= 4 is 23.8 Å². The molecule has 0 aliphatic carbocycles. The summed E-state index contributed by atoms with van der Waals surface area (Å²) >= 11 is 0. The van der Waals surface area contributed by atoms with Gasteiger partial charge in [0.15, 0.2) is 0 Å². The molecule has 0 aromatic rings. The summed E-state index contributed by atoms with van der Waals surface area (Å²) in [5, 5.41) is 21.8. The Hall–Kier alpha value is -2.04. The zero-order valence-electron chi connectivity index (χ0n) is 11.2. The van der Waals surface area contributed by atoms with Crippen molar-refractivity contribution in [2.45, 2.75) is 37.9 Å². The van der Waals surface area contributed by atoms with Crippen molar-refractivity contribution in [2.24, 2.45) is 0 Å². The standard InChI is InChI=1S/C11H14N2O8/c1-4(14)13-10(19)12-9(18)11(13)8(17)7(16)6(21-11)3-20-5(2)15/h6-8,16-17H,3H2,1-2H3,(H,12,18,19)/t6-,7-,8-,11+/m1/s1. The molecule has 0 saturated carbocycles. The van der Waals surface area contributed by atoms with Crippen LogP contribution in [0.5, 0.6) is 0 Å². The maximum absolute atomic E-state index is 11.9. The summed E-state index contributed by atoms with van der Waals surface area (Å²) in [5.74, 6) is -2.58. The van der Waals surface area contributed by atoms with Crippen molar-refractivity contribution in [2.75, 3.05) is 6.61 Å². The van der Waals surface area contributed by atoms with Crippen LogP contribution in [0.3, 0.4) is 0 Å². The van der Waals surface area contributed by atoms with Crippen molar-refractivity contribution in [3.63, 3.8) is 0 Å². The van der Waals surface area contributed by atoms with Crippen molar-refractivity contribution < 1.29 is 38.9 Å². The van der Waals surface area contributed by atoms with E-state index in [9.17, 15) is 29.4 Å². The predicted molar refractivity (Wildman–Crippen MR) is 62.3 cm³/mol. The molecule has 2 aliphatic heterocycles. The number of imide groups is 2. The van der Waals surface area contributed by atoms with Gasteiger partial charge in [0.05, 0.1) is 0 Å². The number of aliphatic hydroxyl groups is 2. The smallest absolute Gasteiger partial charge is 0.333 e. The molecule has 2 heterocycles. The lowest BCUT2D eigenvalue weighted by atomic mass is 10.0. The fourth-order valence-corrected chi connectivity index (χ4v) is 2.38. The summed E-state index contributed by atoms with van der Waals surface area (Å²) in [4.78, 5) is 46.3. The summed E-state index contributed by atoms with van der Waals surface area (Å²) in [6, 6.07) is -1.06. The molecular formula is C11H14N2O8. The summed E-state index contributed by atoms with van der Waals surface area (Å²) < 4.78 is 9.89. The van der Waals surface area contributed by atoms with Crippen LogP contribution in [0.15, 0.2) is 0 Å². The average molecular weight is 302 g/mol. The van der Waals surface area contributed by atoms with Gasteiger partial charge in [0.1, 0.15) is 24.9 Å². The van der Waals surface area contributed by atoms with Crippen molar-refractivity contribution in [1.29, 1.82) is 0 Å². The Kier molecular flexibility index (Phi) is 3.70. The maximum atomic E-state index is 11.9. The number of esters is 1. The third kappa shape index (κ3) is 2.17. The van der Waals surface area contributed by atoms with Gasteiger partial charge in [0.25, 0.3) is 11.6 Å². The number of aliphatic hydroxyl groups excluding tert-OH is 2. The number of rotatable bonds is 2. The van der Waals surface area contributed by atoms with Crippen LogP contribution in [-0.2, 0) is 23.9 Å².